The van der Waals surface area contributed by atoms with E-state index in [1.807, 2.05) is 75.4 Å². The smallest absolute Gasteiger partial charge is 0.407 e. The molecule has 0 radical (unpaired) electrons. The number of alkyl carbamates (subject to hydrolysis) is 1. The molecule has 1 amide bonds. The van der Waals surface area contributed by atoms with Crippen LogP contribution in [0.25, 0.3) is 0 Å². The van der Waals surface area contributed by atoms with Crippen LogP contribution in [0.5, 0.6) is 5.75 Å². The van der Waals surface area contributed by atoms with E-state index >= 15 is 0 Å². The number of carbonyl (C=O) groups is 1. The first-order valence-electron chi connectivity index (χ1n) is 11.3. The minimum Gasteiger partial charge on any atom is -0.489 e. The fraction of sp³-hybridized carbons (Fsp3) is 0.500. The monoisotopic (exact) mass is 442 g/mol. The molecule has 6 heteroatoms. The lowest BCUT2D eigenvalue weighted by molar-refractivity contribution is 0.0422. The Morgan fingerprint density at radius 2 is 1.62 bits per heavy atom. The highest BCUT2D eigenvalue weighted by Crippen LogP contribution is 2.16. The number of rotatable bonds is 11. The van der Waals surface area contributed by atoms with E-state index in [-0.39, 0.29) is 0 Å². The Labute approximate surface area is 192 Å². The fourth-order valence-corrected chi connectivity index (χ4v) is 3.12. The van der Waals surface area contributed by atoms with Crippen molar-refractivity contribution in [2.24, 2.45) is 5.92 Å². The van der Waals surface area contributed by atoms with Gasteiger partial charge in [0.05, 0.1) is 12.1 Å². The third-order valence-electron chi connectivity index (χ3n) is 4.70. The van der Waals surface area contributed by atoms with E-state index in [1.54, 1.807) is 0 Å². The van der Waals surface area contributed by atoms with Crippen molar-refractivity contribution in [1.82, 2.24) is 10.6 Å². The average molecular weight is 443 g/mol. The van der Waals surface area contributed by atoms with Gasteiger partial charge in [0.25, 0.3) is 0 Å². The number of aliphatic hydroxyl groups excluding tert-OH is 1. The number of nitrogens with one attached hydrogen (secondary N) is 2. The summed E-state index contributed by atoms with van der Waals surface area (Å²) in [5.74, 6) is 1.25. The second-order valence-electron chi connectivity index (χ2n) is 9.49. The molecule has 0 aliphatic carbocycles. The van der Waals surface area contributed by atoms with Crippen molar-refractivity contribution in [3.05, 3.63) is 65.7 Å². The molecule has 0 saturated heterocycles. The molecule has 2 rings (SSSR count). The van der Waals surface area contributed by atoms with Crippen LogP contribution in [-0.2, 0) is 17.8 Å². The third-order valence-corrected chi connectivity index (χ3v) is 4.70. The normalized spacial score (nSPS) is 13.5. The van der Waals surface area contributed by atoms with Crippen molar-refractivity contribution >= 4 is 6.09 Å². The Morgan fingerprint density at radius 1 is 0.969 bits per heavy atom. The van der Waals surface area contributed by atoms with Gasteiger partial charge in [-0.25, -0.2) is 4.79 Å². The van der Waals surface area contributed by atoms with Crippen LogP contribution in [0.2, 0.25) is 0 Å². The maximum Gasteiger partial charge on any atom is 0.407 e. The van der Waals surface area contributed by atoms with E-state index < -0.39 is 23.8 Å². The van der Waals surface area contributed by atoms with Gasteiger partial charge in [-0.1, -0.05) is 56.3 Å². The van der Waals surface area contributed by atoms with Crippen molar-refractivity contribution in [3.8, 4) is 5.75 Å². The van der Waals surface area contributed by atoms with Crippen LogP contribution in [-0.4, -0.2) is 42.0 Å². The number of amides is 1. The van der Waals surface area contributed by atoms with Gasteiger partial charge in [-0.05, 0) is 62.9 Å². The molecule has 0 fully saturated rings. The molecular formula is C26H38N2O4. The molecule has 3 N–H and O–H groups in total. The van der Waals surface area contributed by atoms with Gasteiger partial charge in [-0.2, -0.15) is 0 Å². The molecule has 0 saturated carbocycles. The molecule has 0 unspecified atom stereocenters. The van der Waals surface area contributed by atoms with E-state index in [9.17, 15) is 9.90 Å². The summed E-state index contributed by atoms with van der Waals surface area (Å²) in [7, 11) is 0. The standard InChI is InChI=1S/C26H38N2O4/c1-19(2)16-27-17-24(29)23(28-25(30)32-26(3,4)5)15-20-11-13-22(14-12-20)31-18-21-9-7-6-8-10-21/h6-14,19,23-24,27,29H,15-18H2,1-5H3,(H,28,30)/t23-,24+/m0/s1. The number of aliphatic hydroxyl groups is 1. The molecule has 0 bridgehead atoms. The number of hydrogen-bond donors (Lipinski definition) is 3. The van der Waals surface area contributed by atoms with Gasteiger partial charge >= 0.3 is 6.09 Å². The lowest BCUT2D eigenvalue weighted by atomic mass is 10.0. The molecule has 0 spiro atoms. The average Bonchev–Trinajstić information content (AvgIpc) is 2.72. The summed E-state index contributed by atoms with van der Waals surface area (Å²) < 4.78 is 11.2. The Kier molecular flexibility index (Phi) is 10.0. The minimum atomic E-state index is -0.754. The van der Waals surface area contributed by atoms with Gasteiger partial charge in [0, 0.05) is 6.54 Å². The maximum absolute atomic E-state index is 12.3. The lowest BCUT2D eigenvalue weighted by Gasteiger charge is -2.27. The first kappa shape index (κ1) is 25.7. The van der Waals surface area contributed by atoms with Crippen LogP contribution in [0.15, 0.2) is 54.6 Å². The molecule has 0 aliphatic rings. The Balaban J connectivity index is 1.98. The lowest BCUT2D eigenvalue weighted by Crippen LogP contribution is -2.50. The highest BCUT2D eigenvalue weighted by Gasteiger charge is 2.25. The summed E-state index contributed by atoms with van der Waals surface area (Å²) in [6.45, 7) is 11.3. The van der Waals surface area contributed by atoms with Gasteiger partial charge in [-0.3, -0.25) is 0 Å². The predicted octanol–water partition coefficient (Wildman–Crippen LogP) is 4.31. The van der Waals surface area contributed by atoms with E-state index in [4.69, 9.17) is 9.47 Å². The van der Waals surface area contributed by atoms with Crippen molar-refractivity contribution in [3.63, 3.8) is 0 Å². The SMILES string of the molecule is CC(C)CNC[C@@H](O)[C@H](Cc1ccc(OCc2ccccc2)cc1)NC(=O)OC(C)(C)C. The molecule has 0 aromatic heterocycles. The third kappa shape index (κ3) is 10.2. The molecule has 2 atom stereocenters. The van der Waals surface area contributed by atoms with Gasteiger partial charge in [0.2, 0.25) is 0 Å². The van der Waals surface area contributed by atoms with Crippen molar-refractivity contribution < 1.29 is 19.4 Å². The summed E-state index contributed by atoms with van der Waals surface area (Å²) in [6.07, 6.45) is -0.813. The van der Waals surface area contributed by atoms with Gasteiger partial charge < -0.3 is 25.2 Å². The second-order valence-corrected chi connectivity index (χ2v) is 9.49. The molecular weight excluding hydrogens is 404 g/mol. The number of carbonyl (C=O) groups excluding carboxylic acids is 1. The summed E-state index contributed by atoms with van der Waals surface area (Å²) >= 11 is 0. The zero-order valence-corrected chi connectivity index (χ0v) is 19.9. The quantitative estimate of drug-likeness (QED) is 0.483. The molecule has 32 heavy (non-hydrogen) atoms. The molecule has 0 heterocycles. The topological polar surface area (TPSA) is 79.8 Å². The Bertz CT molecular complexity index is 801. The number of ether oxygens (including phenoxy) is 2. The van der Waals surface area contributed by atoms with Crippen LogP contribution in [0.1, 0.15) is 45.7 Å². The minimum absolute atomic E-state index is 0.386. The summed E-state index contributed by atoms with van der Waals surface area (Å²) in [4.78, 5) is 12.3. The molecule has 0 aliphatic heterocycles. The van der Waals surface area contributed by atoms with Crippen LogP contribution < -0.4 is 15.4 Å². The van der Waals surface area contributed by atoms with E-state index in [2.05, 4.69) is 24.5 Å². The summed E-state index contributed by atoms with van der Waals surface area (Å²) in [5, 5.41) is 16.8. The van der Waals surface area contributed by atoms with E-state index in [0.717, 1.165) is 23.4 Å². The van der Waals surface area contributed by atoms with Gasteiger partial charge in [0.15, 0.2) is 0 Å². The predicted molar refractivity (Wildman–Crippen MR) is 128 cm³/mol. The summed E-state index contributed by atoms with van der Waals surface area (Å²) in [6, 6.07) is 17.2. The van der Waals surface area contributed by atoms with Crippen LogP contribution in [0.3, 0.4) is 0 Å². The molecule has 176 valence electrons. The van der Waals surface area contributed by atoms with Crippen molar-refractivity contribution in [2.45, 2.75) is 65.4 Å². The Hall–Kier alpha value is -2.57. The van der Waals surface area contributed by atoms with E-state index in [1.165, 1.54) is 0 Å². The highest BCUT2D eigenvalue weighted by molar-refractivity contribution is 5.68. The van der Waals surface area contributed by atoms with Crippen LogP contribution in [0.4, 0.5) is 4.79 Å². The number of benzene rings is 2. The Morgan fingerprint density at radius 3 is 2.22 bits per heavy atom. The first-order chi connectivity index (χ1) is 15.1. The zero-order chi connectivity index (χ0) is 23.6. The highest BCUT2D eigenvalue weighted by atomic mass is 16.6. The van der Waals surface area contributed by atoms with E-state index in [0.29, 0.717) is 25.5 Å². The summed E-state index contributed by atoms with van der Waals surface area (Å²) in [5.41, 5.74) is 1.49. The molecule has 6 nitrogen and oxygen atoms in total. The second kappa shape index (κ2) is 12.5. The molecule has 2 aromatic rings. The van der Waals surface area contributed by atoms with Gasteiger partial charge in [0.1, 0.15) is 18.0 Å². The van der Waals surface area contributed by atoms with Crippen LogP contribution >= 0.6 is 0 Å². The fourth-order valence-electron chi connectivity index (χ4n) is 3.12. The molecule has 2 aromatic carbocycles. The van der Waals surface area contributed by atoms with Gasteiger partial charge in [-0.15, -0.1) is 0 Å². The first-order valence-corrected chi connectivity index (χ1v) is 11.3. The van der Waals surface area contributed by atoms with Crippen molar-refractivity contribution in [1.29, 1.82) is 0 Å². The van der Waals surface area contributed by atoms with Crippen LogP contribution in [0, 0.1) is 5.92 Å². The van der Waals surface area contributed by atoms with Crippen molar-refractivity contribution in [2.75, 3.05) is 13.1 Å². The largest absolute Gasteiger partial charge is 0.489 e. The maximum atomic E-state index is 12.3. The zero-order valence-electron chi connectivity index (χ0n) is 19.9. The number of hydrogen-bond acceptors (Lipinski definition) is 5.